The molecular weight excluding hydrogens is 377 g/mol. The van der Waals surface area contributed by atoms with Crippen LogP contribution in [0.1, 0.15) is 16.9 Å². The molecule has 0 atom stereocenters. The van der Waals surface area contributed by atoms with Crippen molar-refractivity contribution in [2.75, 3.05) is 0 Å². The van der Waals surface area contributed by atoms with Gasteiger partial charge < -0.3 is 14.5 Å². The van der Waals surface area contributed by atoms with Crippen LogP contribution in [0.3, 0.4) is 0 Å². The summed E-state index contributed by atoms with van der Waals surface area (Å²) in [6, 6.07) is 16.7. The van der Waals surface area contributed by atoms with Crippen LogP contribution in [0, 0.1) is 0 Å². The van der Waals surface area contributed by atoms with Crippen LogP contribution in [0.5, 0.6) is 5.75 Å². The molecule has 0 fully saturated rings. The summed E-state index contributed by atoms with van der Waals surface area (Å²) < 4.78 is 11.0. The third-order valence-electron chi connectivity index (χ3n) is 3.50. The summed E-state index contributed by atoms with van der Waals surface area (Å²) >= 11 is 17.6. The lowest BCUT2D eigenvalue weighted by Gasteiger charge is -2.11. The number of halogens is 2. The molecule has 1 aromatic heterocycles. The fraction of sp³-hybridized carbons (Fsp3) is 0.105. The first-order valence-electron chi connectivity index (χ1n) is 7.59. The quantitative estimate of drug-likeness (QED) is 0.552. The van der Waals surface area contributed by atoms with Crippen molar-refractivity contribution in [3.8, 4) is 5.75 Å². The van der Waals surface area contributed by atoms with Gasteiger partial charge in [-0.15, -0.1) is 0 Å². The van der Waals surface area contributed by atoms with Crippen LogP contribution in [0.4, 0.5) is 0 Å². The van der Waals surface area contributed by atoms with E-state index in [0.717, 1.165) is 16.9 Å². The lowest BCUT2D eigenvalue weighted by molar-refractivity contribution is 0.306. The second-order valence-electron chi connectivity index (χ2n) is 5.32. The number of thiocarbonyl (C=S) groups is 1. The number of benzene rings is 2. The summed E-state index contributed by atoms with van der Waals surface area (Å²) in [5.74, 6) is 1.42. The highest BCUT2D eigenvalue weighted by molar-refractivity contribution is 7.80. The molecule has 3 aromatic rings. The molecule has 0 unspecified atom stereocenters. The Bertz CT molecular complexity index is 848. The van der Waals surface area contributed by atoms with Crippen LogP contribution in [0.2, 0.25) is 10.0 Å². The molecule has 1 heterocycles. The molecule has 0 aliphatic heterocycles. The minimum atomic E-state index is 0.414. The monoisotopic (exact) mass is 391 g/mol. The Morgan fingerprint density at radius 1 is 1.08 bits per heavy atom. The van der Waals surface area contributed by atoms with Crippen LogP contribution >= 0.6 is 35.4 Å². The first-order chi connectivity index (χ1) is 12.1. The highest BCUT2D eigenvalue weighted by Crippen LogP contribution is 2.26. The van der Waals surface area contributed by atoms with Gasteiger partial charge in [-0.2, -0.15) is 0 Å². The third-order valence-corrected chi connectivity index (χ3v) is 4.43. The topological polar surface area (TPSA) is 34.4 Å². The number of ether oxygens (including phenoxy) is 1. The van der Waals surface area contributed by atoms with Crippen molar-refractivity contribution in [3.05, 3.63) is 87.8 Å². The lowest BCUT2D eigenvalue weighted by atomic mass is 10.2. The predicted molar refractivity (Wildman–Crippen MR) is 104 cm³/mol. The van der Waals surface area contributed by atoms with E-state index in [0.29, 0.717) is 33.9 Å². The van der Waals surface area contributed by atoms with Gasteiger partial charge in [0.25, 0.3) is 0 Å². The fourth-order valence-electron chi connectivity index (χ4n) is 2.18. The molecule has 0 amide bonds. The summed E-state index contributed by atoms with van der Waals surface area (Å²) in [5.41, 5.74) is 1.84. The van der Waals surface area contributed by atoms with E-state index in [1.807, 2.05) is 48.5 Å². The maximum atomic E-state index is 6.31. The largest absolute Gasteiger partial charge is 0.487 e. The number of hydrogen-bond donors (Lipinski definition) is 1. The molecule has 0 spiro atoms. The zero-order chi connectivity index (χ0) is 17.6. The van der Waals surface area contributed by atoms with Gasteiger partial charge in [-0.05, 0) is 48.0 Å². The van der Waals surface area contributed by atoms with Crippen molar-refractivity contribution in [1.82, 2.24) is 5.32 Å². The van der Waals surface area contributed by atoms with E-state index < -0.39 is 0 Å². The normalized spacial score (nSPS) is 10.5. The summed E-state index contributed by atoms with van der Waals surface area (Å²) in [5, 5.41) is 4.34. The summed E-state index contributed by atoms with van der Waals surface area (Å²) in [6.45, 7) is 0.940. The lowest BCUT2D eigenvalue weighted by Crippen LogP contribution is -2.21. The van der Waals surface area contributed by atoms with Gasteiger partial charge in [0.1, 0.15) is 23.1 Å². The molecule has 0 aliphatic rings. The maximum Gasteiger partial charge on any atom is 0.138 e. The third kappa shape index (κ3) is 4.98. The Hall–Kier alpha value is -2.01. The molecule has 25 heavy (non-hydrogen) atoms. The van der Waals surface area contributed by atoms with E-state index in [2.05, 4.69) is 5.32 Å². The molecule has 0 aliphatic carbocycles. The van der Waals surface area contributed by atoms with Crippen molar-refractivity contribution in [3.63, 3.8) is 0 Å². The van der Waals surface area contributed by atoms with Crippen molar-refractivity contribution >= 4 is 40.4 Å². The van der Waals surface area contributed by atoms with Gasteiger partial charge in [-0.3, -0.25) is 0 Å². The summed E-state index contributed by atoms with van der Waals surface area (Å²) in [6.07, 6.45) is 1.63. The molecular formula is C19H15Cl2NO2S. The molecule has 3 rings (SSSR count). The minimum Gasteiger partial charge on any atom is -0.487 e. The number of nitrogens with one attached hydrogen (secondary N) is 1. The second-order valence-corrected chi connectivity index (χ2v) is 6.57. The van der Waals surface area contributed by atoms with E-state index >= 15 is 0 Å². The molecule has 0 radical (unpaired) electrons. The van der Waals surface area contributed by atoms with Gasteiger partial charge in [0.2, 0.25) is 0 Å². The summed E-state index contributed by atoms with van der Waals surface area (Å²) in [4.78, 5) is 0.600. The number of furan rings is 1. The van der Waals surface area contributed by atoms with Crippen LogP contribution < -0.4 is 10.1 Å². The molecule has 128 valence electrons. The first-order valence-corrected chi connectivity index (χ1v) is 8.75. The van der Waals surface area contributed by atoms with Gasteiger partial charge in [0, 0.05) is 10.6 Å². The number of hydrogen-bond acceptors (Lipinski definition) is 3. The van der Waals surface area contributed by atoms with Crippen molar-refractivity contribution in [2.24, 2.45) is 0 Å². The van der Waals surface area contributed by atoms with Crippen molar-refractivity contribution < 1.29 is 9.15 Å². The van der Waals surface area contributed by atoms with E-state index in [-0.39, 0.29) is 0 Å². The zero-order valence-corrected chi connectivity index (χ0v) is 15.5. The molecule has 0 bridgehead atoms. The predicted octanol–water partition coefficient (Wildman–Crippen LogP) is 5.63. The standard InChI is InChI=1S/C19H15Cl2NO2S/c20-15-6-3-13(4-7-15)12-24-18-8-5-14(10-17(18)21)19(25)22-11-16-2-1-9-23-16/h1-10H,11-12H2,(H,22,25). The second kappa shape index (κ2) is 8.39. The van der Waals surface area contributed by atoms with Gasteiger partial charge >= 0.3 is 0 Å². The minimum absolute atomic E-state index is 0.414. The Kier molecular flexibility index (Phi) is 5.97. The highest BCUT2D eigenvalue weighted by Gasteiger charge is 2.08. The van der Waals surface area contributed by atoms with Gasteiger partial charge in [-0.1, -0.05) is 47.6 Å². The Morgan fingerprint density at radius 2 is 1.88 bits per heavy atom. The van der Waals surface area contributed by atoms with E-state index in [1.54, 1.807) is 12.3 Å². The molecule has 2 aromatic carbocycles. The molecule has 3 nitrogen and oxygen atoms in total. The Labute approximate surface area is 161 Å². The molecule has 6 heteroatoms. The van der Waals surface area contributed by atoms with Crippen LogP contribution in [-0.4, -0.2) is 4.99 Å². The Morgan fingerprint density at radius 3 is 2.56 bits per heavy atom. The SMILES string of the molecule is S=C(NCc1ccco1)c1ccc(OCc2ccc(Cl)cc2)c(Cl)c1. The van der Waals surface area contributed by atoms with E-state index in [4.69, 9.17) is 44.6 Å². The van der Waals surface area contributed by atoms with E-state index in [1.165, 1.54) is 0 Å². The first kappa shape index (κ1) is 17.8. The van der Waals surface area contributed by atoms with Gasteiger partial charge in [0.05, 0.1) is 17.8 Å². The fourth-order valence-corrected chi connectivity index (χ4v) is 2.74. The average Bonchev–Trinajstić information content (AvgIpc) is 3.13. The molecule has 0 saturated carbocycles. The average molecular weight is 392 g/mol. The van der Waals surface area contributed by atoms with Crippen molar-refractivity contribution in [2.45, 2.75) is 13.2 Å². The molecule has 0 saturated heterocycles. The maximum absolute atomic E-state index is 6.31. The summed E-state index contributed by atoms with van der Waals surface area (Å²) in [7, 11) is 0. The number of rotatable bonds is 6. The smallest absolute Gasteiger partial charge is 0.138 e. The molecule has 1 N–H and O–H groups in total. The zero-order valence-electron chi connectivity index (χ0n) is 13.2. The van der Waals surface area contributed by atoms with Gasteiger partial charge in [-0.25, -0.2) is 0 Å². The van der Waals surface area contributed by atoms with Crippen LogP contribution in [0.25, 0.3) is 0 Å². The van der Waals surface area contributed by atoms with Crippen LogP contribution in [0.15, 0.2) is 65.3 Å². The van der Waals surface area contributed by atoms with E-state index in [9.17, 15) is 0 Å². The highest BCUT2D eigenvalue weighted by atomic mass is 35.5. The van der Waals surface area contributed by atoms with Crippen LogP contribution in [-0.2, 0) is 13.2 Å². The van der Waals surface area contributed by atoms with Crippen molar-refractivity contribution in [1.29, 1.82) is 0 Å². The Balaban J connectivity index is 1.59. The van der Waals surface area contributed by atoms with Gasteiger partial charge in [0.15, 0.2) is 0 Å².